The summed E-state index contributed by atoms with van der Waals surface area (Å²) in [7, 11) is 0. The minimum absolute atomic E-state index is 0.422. The largest absolute Gasteiger partial charge is 0.303 e. The molecular formula is C21H38N2. The van der Waals surface area contributed by atoms with Crippen LogP contribution in [0.1, 0.15) is 60.3 Å². The molecule has 0 aromatic heterocycles. The van der Waals surface area contributed by atoms with Gasteiger partial charge in [0.1, 0.15) is 0 Å². The lowest BCUT2D eigenvalue weighted by Gasteiger charge is -2.38. The van der Waals surface area contributed by atoms with Crippen LogP contribution in [0.5, 0.6) is 0 Å². The van der Waals surface area contributed by atoms with Crippen LogP contribution in [0.3, 0.4) is 0 Å². The van der Waals surface area contributed by atoms with Gasteiger partial charge in [0.2, 0.25) is 0 Å². The van der Waals surface area contributed by atoms with Crippen molar-refractivity contribution in [1.82, 2.24) is 9.80 Å². The fourth-order valence-corrected chi connectivity index (χ4v) is 5.43. The second-order valence-electron chi connectivity index (χ2n) is 11.1. The molecule has 2 saturated heterocycles. The fourth-order valence-electron chi connectivity index (χ4n) is 5.43. The van der Waals surface area contributed by atoms with E-state index in [4.69, 9.17) is 0 Å². The second-order valence-corrected chi connectivity index (χ2v) is 11.1. The number of nitrogens with zero attached hydrogens (tertiary/aromatic N) is 2. The van der Waals surface area contributed by atoms with E-state index >= 15 is 0 Å². The molecule has 0 N–H and O–H groups in total. The van der Waals surface area contributed by atoms with E-state index in [9.17, 15) is 0 Å². The maximum Gasteiger partial charge on any atom is 0.0165 e. The highest BCUT2D eigenvalue weighted by Gasteiger charge is 2.55. The summed E-state index contributed by atoms with van der Waals surface area (Å²) in [6.45, 7) is 19.1. The monoisotopic (exact) mass is 318 g/mol. The first kappa shape index (κ1) is 16.4. The van der Waals surface area contributed by atoms with Crippen LogP contribution in [0.4, 0.5) is 0 Å². The predicted molar refractivity (Wildman–Crippen MR) is 97.5 cm³/mol. The SMILES string of the molecule is CC(C)(C)CCC1C2CN(CCC(C)(C)N3CC4CC4C3)C[C@H]12. The molecule has 4 fully saturated rings. The average molecular weight is 319 g/mol. The lowest BCUT2D eigenvalue weighted by Crippen LogP contribution is -2.45. The van der Waals surface area contributed by atoms with Gasteiger partial charge in [-0.3, -0.25) is 4.90 Å². The Morgan fingerprint density at radius 3 is 2.00 bits per heavy atom. The molecule has 2 heteroatoms. The molecule has 2 aliphatic carbocycles. The quantitative estimate of drug-likeness (QED) is 0.727. The molecule has 0 aromatic carbocycles. The number of rotatable bonds is 6. The highest BCUT2D eigenvalue weighted by Crippen LogP contribution is 2.55. The number of hydrogen-bond donors (Lipinski definition) is 0. The number of piperidine rings is 2. The van der Waals surface area contributed by atoms with Crippen molar-refractivity contribution in [3.05, 3.63) is 0 Å². The van der Waals surface area contributed by atoms with Crippen LogP contribution in [0.25, 0.3) is 0 Å². The molecular weight excluding hydrogens is 280 g/mol. The molecule has 5 atom stereocenters. The first-order chi connectivity index (χ1) is 10.7. The van der Waals surface area contributed by atoms with Crippen LogP contribution in [0, 0.1) is 35.0 Å². The summed E-state index contributed by atoms with van der Waals surface area (Å²) >= 11 is 0. The van der Waals surface area contributed by atoms with E-state index in [1.165, 1.54) is 58.4 Å². The Hall–Kier alpha value is -0.0800. The van der Waals surface area contributed by atoms with Crippen LogP contribution in [0.15, 0.2) is 0 Å². The Morgan fingerprint density at radius 1 is 0.826 bits per heavy atom. The second kappa shape index (κ2) is 5.46. The first-order valence-electron chi connectivity index (χ1n) is 10.2. The molecule has 2 saturated carbocycles. The third-order valence-corrected chi connectivity index (χ3v) is 7.55. The molecule has 4 unspecified atom stereocenters. The van der Waals surface area contributed by atoms with E-state index in [-0.39, 0.29) is 0 Å². The maximum atomic E-state index is 2.79. The molecule has 0 bridgehead atoms. The summed E-state index contributed by atoms with van der Waals surface area (Å²) in [4.78, 5) is 5.57. The summed E-state index contributed by atoms with van der Waals surface area (Å²) < 4.78 is 0. The van der Waals surface area contributed by atoms with Crippen LogP contribution >= 0.6 is 0 Å². The molecule has 23 heavy (non-hydrogen) atoms. The molecule has 2 heterocycles. The molecule has 0 aromatic rings. The van der Waals surface area contributed by atoms with Crippen LogP contribution in [-0.2, 0) is 0 Å². The van der Waals surface area contributed by atoms with E-state index in [0.29, 0.717) is 11.0 Å². The van der Waals surface area contributed by atoms with Crippen molar-refractivity contribution >= 4 is 0 Å². The molecule has 4 rings (SSSR count). The van der Waals surface area contributed by atoms with Gasteiger partial charge in [-0.05, 0) is 81.1 Å². The van der Waals surface area contributed by atoms with Gasteiger partial charge in [-0.25, -0.2) is 0 Å². The van der Waals surface area contributed by atoms with Crippen molar-refractivity contribution in [1.29, 1.82) is 0 Å². The van der Waals surface area contributed by atoms with Gasteiger partial charge in [0.05, 0.1) is 0 Å². The Bertz CT molecular complexity index is 427. The van der Waals surface area contributed by atoms with Gasteiger partial charge >= 0.3 is 0 Å². The zero-order valence-corrected chi connectivity index (χ0v) is 16.1. The summed E-state index contributed by atoms with van der Waals surface area (Å²) in [6.07, 6.45) is 5.78. The third-order valence-electron chi connectivity index (χ3n) is 7.55. The Morgan fingerprint density at radius 2 is 1.43 bits per heavy atom. The van der Waals surface area contributed by atoms with Gasteiger partial charge in [-0.2, -0.15) is 0 Å². The van der Waals surface area contributed by atoms with Gasteiger partial charge in [0, 0.05) is 31.7 Å². The molecule has 0 radical (unpaired) electrons. The van der Waals surface area contributed by atoms with Crippen molar-refractivity contribution in [2.45, 2.75) is 65.8 Å². The fraction of sp³-hybridized carbons (Fsp3) is 1.00. The van der Waals surface area contributed by atoms with Crippen molar-refractivity contribution in [2.24, 2.45) is 35.0 Å². The van der Waals surface area contributed by atoms with Crippen LogP contribution in [0.2, 0.25) is 0 Å². The van der Waals surface area contributed by atoms with E-state index in [2.05, 4.69) is 44.4 Å². The third kappa shape index (κ3) is 3.49. The molecule has 2 aliphatic heterocycles. The number of likely N-dealkylation sites (tertiary alicyclic amines) is 2. The Balaban J connectivity index is 1.17. The van der Waals surface area contributed by atoms with Gasteiger partial charge in [0.25, 0.3) is 0 Å². The number of fused-ring (bicyclic) bond motifs is 2. The van der Waals surface area contributed by atoms with E-state index in [0.717, 1.165) is 29.6 Å². The lowest BCUT2D eigenvalue weighted by atomic mass is 9.89. The smallest absolute Gasteiger partial charge is 0.0165 e. The highest BCUT2D eigenvalue weighted by atomic mass is 15.2. The van der Waals surface area contributed by atoms with Crippen molar-refractivity contribution < 1.29 is 0 Å². The number of hydrogen-bond acceptors (Lipinski definition) is 2. The minimum atomic E-state index is 0.422. The van der Waals surface area contributed by atoms with E-state index in [1.807, 2.05) is 0 Å². The molecule has 132 valence electrons. The summed E-state index contributed by atoms with van der Waals surface area (Å²) in [5.74, 6) is 5.32. The van der Waals surface area contributed by atoms with Gasteiger partial charge < -0.3 is 4.90 Å². The molecule has 2 nitrogen and oxygen atoms in total. The first-order valence-corrected chi connectivity index (χ1v) is 10.2. The Kier molecular flexibility index (Phi) is 3.89. The van der Waals surface area contributed by atoms with E-state index < -0.39 is 0 Å². The van der Waals surface area contributed by atoms with Crippen molar-refractivity contribution in [3.63, 3.8) is 0 Å². The van der Waals surface area contributed by atoms with Gasteiger partial charge in [-0.1, -0.05) is 20.8 Å². The summed E-state index contributed by atoms with van der Waals surface area (Å²) in [6, 6.07) is 0. The average Bonchev–Trinajstić information content (AvgIpc) is 3.22. The van der Waals surface area contributed by atoms with Gasteiger partial charge in [-0.15, -0.1) is 0 Å². The minimum Gasteiger partial charge on any atom is -0.303 e. The zero-order chi connectivity index (χ0) is 16.4. The topological polar surface area (TPSA) is 6.48 Å². The van der Waals surface area contributed by atoms with Crippen LogP contribution in [-0.4, -0.2) is 48.1 Å². The zero-order valence-electron chi connectivity index (χ0n) is 16.1. The van der Waals surface area contributed by atoms with E-state index in [1.54, 1.807) is 0 Å². The highest BCUT2D eigenvalue weighted by molar-refractivity contribution is 5.06. The van der Waals surface area contributed by atoms with Gasteiger partial charge in [0.15, 0.2) is 0 Å². The van der Waals surface area contributed by atoms with Crippen molar-refractivity contribution in [3.8, 4) is 0 Å². The molecule has 0 amide bonds. The maximum absolute atomic E-state index is 2.79. The molecule has 0 spiro atoms. The predicted octanol–water partition coefficient (Wildman–Crippen LogP) is 4.11. The summed E-state index contributed by atoms with van der Waals surface area (Å²) in [5, 5.41) is 0. The van der Waals surface area contributed by atoms with Crippen molar-refractivity contribution in [2.75, 3.05) is 32.7 Å². The molecule has 4 aliphatic rings. The van der Waals surface area contributed by atoms with Crippen LogP contribution < -0.4 is 0 Å². The Labute approximate surface area is 144 Å². The normalized spacial score (nSPS) is 40.3. The lowest BCUT2D eigenvalue weighted by molar-refractivity contribution is 0.110. The summed E-state index contributed by atoms with van der Waals surface area (Å²) in [5.41, 5.74) is 0.947. The standard InChI is InChI=1S/C21H38N2/c1-20(2,3)7-6-17-18-13-22(14-19(17)18)9-8-21(4,5)23-11-15-10-16(15)12-23/h15-19H,6-14H2,1-5H3/t15?,16?,17?,18-,19?/m1/s1.